The highest BCUT2D eigenvalue weighted by molar-refractivity contribution is 7.13. The smallest absolute Gasteiger partial charge is 0.409 e. The molecule has 1 aliphatic heterocycles. The van der Waals surface area contributed by atoms with Crippen molar-refractivity contribution in [1.29, 1.82) is 0 Å². The number of hydrogen-bond donors (Lipinski definition) is 0. The van der Waals surface area contributed by atoms with E-state index >= 15 is 0 Å². The molecule has 0 bridgehead atoms. The number of hydrogen-bond acceptors (Lipinski definition) is 7. The van der Waals surface area contributed by atoms with Crippen molar-refractivity contribution < 1.29 is 23.8 Å². The third kappa shape index (κ3) is 5.69. The normalized spacial score (nSPS) is 14.5. The Balaban J connectivity index is 1.47. The third-order valence-corrected chi connectivity index (χ3v) is 5.62. The summed E-state index contributed by atoms with van der Waals surface area (Å²) in [5, 5.41) is 2.78. The first-order chi connectivity index (χ1) is 14.1. The van der Waals surface area contributed by atoms with Gasteiger partial charge >= 0.3 is 12.1 Å². The Bertz CT molecular complexity index is 813. The van der Waals surface area contributed by atoms with E-state index in [1.165, 1.54) is 11.3 Å². The monoisotopic (exact) mass is 418 g/mol. The van der Waals surface area contributed by atoms with Crippen LogP contribution in [0.1, 0.15) is 32.4 Å². The highest BCUT2D eigenvalue weighted by Gasteiger charge is 2.29. The Morgan fingerprint density at radius 3 is 2.48 bits per heavy atom. The maximum Gasteiger partial charge on any atom is 0.409 e. The van der Waals surface area contributed by atoms with Gasteiger partial charge in [0.05, 0.1) is 24.8 Å². The molecule has 7 nitrogen and oxygen atoms in total. The molecule has 3 rings (SSSR count). The van der Waals surface area contributed by atoms with E-state index in [2.05, 4.69) is 4.98 Å². The zero-order chi connectivity index (χ0) is 20.6. The molecule has 0 unspecified atom stereocenters. The second kappa shape index (κ2) is 10.2. The van der Waals surface area contributed by atoms with Gasteiger partial charge in [-0.1, -0.05) is 0 Å². The summed E-state index contributed by atoms with van der Waals surface area (Å²) in [5.74, 6) is 0.407. The largest absolute Gasteiger partial charge is 0.494 e. The quantitative estimate of drug-likeness (QED) is 0.630. The number of ether oxygens (including phenoxy) is 3. The SMILES string of the molecule is CCOC(=O)N1CCC(C(=O)OCc2csc(-c3ccc(OCC)cc3)n2)CC1. The van der Waals surface area contributed by atoms with Gasteiger partial charge in [-0.15, -0.1) is 11.3 Å². The fourth-order valence-electron chi connectivity index (χ4n) is 3.14. The first-order valence-corrected chi connectivity index (χ1v) is 10.7. The molecule has 1 saturated heterocycles. The number of aromatic nitrogens is 1. The average Bonchev–Trinajstić information content (AvgIpc) is 3.22. The molecule has 0 N–H and O–H groups in total. The molecule has 0 aliphatic carbocycles. The summed E-state index contributed by atoms with van der Waals surface area (Å²) in [4.78, 5) is 30.3. The molecule has 8 heteroatoms. The lowest BCUT2D eigenvalue weighted by molar-refractivity contribution is -0.151. The number of carbonyl (C=O) groups is 2. The second-order valence-corrected chi connectivity index (χ2v) is 7.53. The van der Waals surface area contributed by atoms with E-state index in [0.717, 1.165) is 22.0 Å². The van der Waals surface area contributed by atoms with Gasteiger partial charge in [-0.3, -0.25) is 4.79 Å². The Labute approximate surface area is 174 Å². The fraction of sp³-hybridized carbons (Fsp3) is 0.476. The topological polar surface area (TPSA) is 78.0 Å². The van der Waals surface area contributed by atoms with Crippen LogP contribution in [-0.4, -0.2) is 48.2 Å². The van der Waals surface area contributed by atoms with Crippen LogP contribution in [0.3, 0.4) is 0 Å². The molecule has 156 valence electrons. The van der Waals surface area contributed by atoms with Gasteiger partial charge in [0, 0.05) is 24.0 Å². The summed E-state index contributed by atoms with van der Waals surface area (Å²) in [6.45, 7) is 5.90. The van der Waals surface area contributed by atoms with Crippen LogP contribution in [0.4, 0.5) is 4.79 Å². The minimum atomic E-state index is -0.316. The lowest BCUT2D eigenvalue weighted by atomic mass is 9.97. The Kier molecular flexibility index (Phi) is 7.46. The van der Waals surface area contributed by atoms with Gasteiger partial charge in [0.1, 0.15) is 17.4 Å². The zero-order valence-corrected chi connectivity index (χ0v) is 17.6. The molecule has 1 aromatic heterocycles. The first kappa shape index (κ1) is 21.1. The van der Waals surface area contributed by atoms with Gasteiger partial charge < -0.3 is 19.1 Å². The molecule has 1 amide bonds. The Morgan fingerprint density at radius 1 is 1.10 bits per heavy atom. The van der Waals surface area contributed by atoms with Crippen molar-refractivity contribution >= 4 is 23.4 Å². The van der Waals surface area contributed by atoms with Gasteiger partial charge in [0.15, 0.2) is 0 Å². The van der Waals surface area contributed by atoms with E-state index in [1.54, 1.807) is 11.8 Å². The van der Waals surface area contributed by atoms with Crippen LogP contribution in [0.25, 0.3) is 10.6 Å². The van der Waals surface area contributed by atoms with Crippen molar-refractivity contribution in [2.45, 2.75) is 33.3 Å². The van der Waals surface area contributed by atoms with Gasteiger partial charge in [0.2, 0.25) is 0 Å². The molecule has 0 saturated carbocycles. The Morgan fingerprint density at radius 2 is 1.83 bits per heavy atom. The first-order valence-electron chi connectivity index (χ1n) is 9.86. The summed E-state index contributed by atoms with van der Waals surface area (Å²) in [5.41, 5.74) is 1.73. The predicted molar refractivity (Wildman–Crippen MR) is 110 cm³/mol. The molecule has 2 aromatic rings. The Hall–Kier alpha value is -2.61. The summed E-state index contributed by atoms with van der Waals surface area (Å²) in [6, 6.07) is 7.78. The molecular formula is C21H26N2O5S. The van der Waals surface area contributed by atoms with Crippen LogP contribution >= 0.6 is 11.3 Å². The van der Waals surface area contributed by atoms with Gasteiger partial charge in [-0.2, -0.15) is 0 Å². The molecule has 0 radical (unpaired) electrons. The zero-order valence-electron chi connectivity index (χ0n) is 16.8. The standard InChI is InChI=1S/C21H26N2O5S/c1-3-26-18-7-5-15(6-8-18)19-22-17(14-29-19)13-28-20(24)16-9-11-23(12-10-16)21(25)27-4-2/h5-8,14,16H,3-4,9-13H2,1-2H3. The summed E-state index contributed by atoms with van der Waals surface area (Å²) in [7, 11) is 0. The minimum Gasteiger partial charge on any atom is -0.494 e. The lowest BCUT2D eigenvalue weighted by Gasteiger charge is -2.29. The summed E-state index contributed by atoms with van der Waals surface area (Å²) in [6.07, 6.45) is 0.863. The van der Waals surface area contributed by atoms with Crippen LogP contribution in [0.2, 0.25) is 0 Å². The number of rotatable bonds is 7. The summed E-state index contributed by atoms with van der Waals surface area (Å²) < 4.78 is 15.9. The number of piperidine rings is 1. The maximum absolute atomic E-state index is 12.4. The van der Waals surface area contributed by atoms with Crippen LogP contribution in [0.5, 0.6) is 5.75 Å². The molecule has 2 heterocycles. The van der Waals surface area contributed by atoms with Gasteiger partial charge in [0.25, 0.3) is 0 Å². The van der Waals surface area contributed by atoms with Gasteiger partial charge in [-0.25, -0.2) is 9.78 Å². The van der Waals surface area contributed by atoms with Crippen LogP contribution in [0.15, 0.2) is 29.6 Å². The highest BCUT2D eigenvalue weighted by atomic mass is 32.1. The molecule has 0 spiro atoms. The number of carbonyl (C=O) groups excluding carboxylic acids is 2. The number of benzene rings is 1. The third-order valence-electron chi connectivity index (χ3n) is 4.68. The van der Waals surface area contributed by atoms with Crippen LogP contribution in [-0.2, 0) is 20.9 Å². The van der Waals surface area contributed by atoms with Crippen molar-refractivity contribution in [3.8, 4) is 16.3 Å². The summed E-state index contributed by atoms with van der Waals surface area (Å²) >= 11 is 1.52. The molecule has 1 aliphatic rings. The predicted octanol–water partition coefficient (Wildman–Crippen LogP) is 4.12. The van der Waals surface area contributed by atoms with Gasteiger partial charge in [-0.05, 0) is 51.0 Å². The number of nitrogens with zero attached hydrogens (tertiary/aromatic N) is 2. The van der Waals surface area contributed by atoms with Crippen molar-refractivity contribution in [1.82, 2.24) is 9.88 Å². The fourth-order valence-corrected chi connectivity index (χ4v) is 3.95. The lowest BCUT2D eigenvalue weighted by Crippen LogP contribution is -2.40. The number of likely N-dealkylation sites (tertiary alicyclic amines) is 1. The van der Waals surface area contributed by atoms with E-state index in [1.807, 2.05) is 36.6 Å². The number of esters is 1. The maximum atomic E-state index is 12.4. The van der Waals surface area contributed by atoms with Crippen molar-refractivity contribution in [2.24, 2.45) is 5.92 Å². The van der Waals surface area contributed by atoms with Crippen molar-refractivity contribution in [3.05, 3.63) is 35.3 Å². The van der Waals surface area contributed by atoms with E-state index in [0.29, 0.717) is 39.1 Å². The van der Waals surface area contributed by atoms with Crippen LogP contribution < -0.4 is 4.74 Å². The van der Waals surface area contributed by atoms with E-state index in [4.69, 9.17) is 14.2 Å². The minimum absolute atomic E-state index is 0.157. The van der Waals surface area contributed by atoms with Crippen molar-refractivity contribution in [2.75, 3.05) is 26.3 Å². The average molecular weight is 419 g/mol. The number of amides is 1. The van der Waals surface area contributed by atoms with E-state index in [9.17, 15) is 9.59 Å². The second-order valence-electron chi connectivity index (χ2n) is 6.67. The molecule has 0 atom stereocenters. The van der Waals surface area contributed by atoms with Crippen LogP contribution in [0, 0.1) is 5.92 Å². The molecule has 1 aromatic carbocycles. The van der Waals surface area contributed by atoms with E-state index in [-0.39, 0.29) is 24.6 Å². The molecular weight excluding hydrogens is 392 g/mol. The van der Waals surface area contributed by atoms with Crippen molar-refractivity contribution in [3.63, 3.8) is 0 Å². The highest BCUT2D eigenvalue weighted by Crippen LogP contribution is 2.26. The molecule has 29 heavy (non-hydrogen) atoms. The van der Waals surface area contributed by atoms with E-state index < -0.39 is 0 Å². The number of thiazole rings is 1. The molecule has 1 fully saturated rings.